The van der Waals surface area contributed by atoms with Crippen LogP contribution in [-0.2, 0) is 0 Å². The smallest absolute Gasteiger partial charge is 0.225 e. The predicted molar refractivity (Wildman–Crippen MR) is 45.1 cm³/mol. The lowest BCUT2D eigenvalue weighted by Gasteiger charge is -1.89. The molecule has 0 aromatic heterocycles. The van der Waals surface area contributed by atoms with Crippen LogP contribution in [0, 0.1) is 0 Å². The fourth-order valence-electron chi connectivity index (χ4n) is 1.07. The van der Waals surface area contributed by atoms with E-state index in [2.05, 4.69) is 9.98 Å². The normalized spacial score (nSPS) is 20.2. The van der Waals surface area contributed by atoms with E-state index in [0.29, 0.717) is 5.36 Å². The molecule has 1 unspecified atom stereocenters. The van der Waals surface area contributed by atoms with E-state index < -0.39 is 6.30 Å². The molecular formula is C9H7FN2. The molecule has 1 aliphatic rings. The summed E-state index contributed by atoms with van der Waals surface area (Å²) in [6, 6.07) is 7.33. The van der Waals surface area contributed by atoms with Crippen LogP contribution in [0.15, 0.2) is 34.3 Å². The Labute approximate surface area is 68.8 Å². The maximum atomic E-state index is 12.8. The molecule has 60 valence electrons. The lowest BCUT2D eigenvalue weighted by molar-refractivity contribution is 0.439. The van der Waals surface area contributed by atoms with E-state index in [1.807, 2.05) is 18.2 Å². The molecule has 0 spiro atoms. The van der Waals surface area contributed by atoms with Crippen LogP contribution in [0.1, 0.15) is 0 Å². The van der Waals surface area contributed by atoms with E-state index in [1.54, 1.807) is 12.3 Å². The predicted octanol–water partition coefficient (Wildman–Crippen LogP) is 0.424. The fourth-order valence-corrected chi connectivity index (χ4v) is 1.07. The number of nitrogens with zero attached hydrogens (tertiary/aromatic N) is 2. The Balaban J connectivity index is 2.75. The molecule has 12 heavy (non-hydrogen) atoms. The molecule has 2 rings (SSSR count). The summed E-state index contributed by atoms with van der Waals surface area (Å²) in [5, 5.41) is 1.51. The van der Waals surface area contributed by atoms with Gasteiger partial charge in [-0.3, -0.25) is 4.99 Å². The van der Waals surface area contributed by atoms with E-state index in [9.17, 15) is 4.39 Å². The molecule has 1 heterocycles. The summed E-state index contributed by atoms with van der Waals surface area (Å²) in [6.07, 6.45) is 1.48. The molecule has 1 aromatic carbocycles. The number of benzene rings is 1. The molecule has 0 saturated carbocycles. The number of alkyl halides is 1. The van der Waals surface area contributed by atoms with E-state index in [0.717, 1.165) is 5.22 Å². The highest BCUT2D eigenvalue weighted by molar-refractivity contribution is 5.66. The second-order valence-electron chi connectivity index (χ2n) is 2.49. The van der Waals surface area contributed by atoms with Crippen LogP contribution in [0.2, 0.25) is 0 Å². The fraction of sp³-hybridized carbons (Fsp3) is 0.111. The van der Waals surface area contributed by atoms with Gasteiger partial charge < -0.3 is 0 Å². The van der Waals surface area contributed by atoms with Crippen LogP contribution in [0.3, 0.4) is 0 Å². The second kappa shape index (κ2) is 2.85. The molecule has 2 nitrogen and oxygen atoms in total. The summed E-state index contributed by atoms with van der Waals surface area (Å²) in [5.74, 6) is 0. The number of fused-ring (bicyclic) bond motifs is 1. The molecule has 3 heteroatoms. The molecule has 0 saturated heterocycles. The summed E-state index contributed by atoms with van der Waals surface area (Å²) in [6.45, 7) is 0. The van der Waals surface area contributed by atoms with Crippen molar-refractivity contribution in [2.75, 3.05) is 0 Å². The third-order valence-corrected chi connectivity index (χ3v) is 1.62. The van der Waals surface area contributed by atoms with Gasteiger partial charge in [-0.05, 0) is 6.07 Å². The number of halogens is 1. The van der Waals surface area contributed by atoms with Crippen molar-refractivity contribution in [1.82, 2.24) is 0 Å². The van der Waals surface area contributed by atoms with Crippen molar-refractivity contribution in [3.8, 4) is 0 Å². The van der Waals surface area contributed by atoms with Crippen LogP contribution >= 0.6 is 0 Å². The number of aliphatic imine (C=N–C) groups is 1. The van der Waals surface area contributed by atoms with Crippen molar-refractivity contribution in [1.29, 1.82) is 0 Å². The van der Waals surface area contributed by atoms with E-state index in [4.69, 9.17) is 0 Å². The standard InChI is InChI=1S/C9H7FN2/c10-9-6-11-5-7-3-1-2-4-8(7)12-9/h1-6,9H. The van der Waals surface area contributed by atoms with Gasteiger partial charge in [0.25, 0.3) is 0 Å². The van der Waals surface area contributed by atoms with Gasteiger partial charge in [0.15, 0.2) is 0 Å². The summed E-state index contributed by atoms with van der Waals surface area (Å²) < 4.78 is 12.8. The molecule has 0 bridgehead atoms. The van der Waals surface area contributed by atoms with Crippen molar-refractivity contribution < 1.29 is 4.39 Å². The molecule has 0 fully saturated rings. The highest BCUT2D eigenvalue weighted by atomic mass is 19.1. The Hall–Kier alpha value is -1.51. The first-order valence-electron chi connectivity index (χ1n) is 3.67. The van der Waals surface area contributed by atoms with Gasteiger partial charge in [0.05, 0.1) is 11.6 Å². The minimum absolute atomic E-state index is 0.655. The summed E-state index contributed by atoms with van der Waals surface area (Å²) >= 11 is 0. The van der Waals surface area contributed by atoms with Crippen molar-refractivity contribution in [3.63, 3.8) is 0 Å². The van der Waals surface area contributed by atoms with Crippen LogP contribution in [0.25, 0.3) is 6.20 Å². The quantitative estimate of drug-likeness (QED) is 0.494. The maximum Gasteiger partial charge on any atom is 0.225 e. The van der Waals surface area contributed by atoms with Gasteiger partial charge in [0, 0.05) is 11.4 Å². The lowest BCUT2D eigenvalue weighted by Crippen LogP contribution is -2.24. The third kappa shape index (κ3) is 1.25. The molecule has 1 aromatic rings. The SMILES string of the molecule is FC1C=NC=c2ccccc2=N1. The highest BCUT2D eigenvalue weighted by Crippen LogP contribution is 1.89. The average Bonchev–Trinajstić information content (AvgIpc) is 2.25. The third-order valence-electron chi connectivity index (χ3n) is 1.62. The first-order valence-corrected chi connectivity index (χ1v) is 3.67. The van der Waals surface area contributed by atoms with Crippen LogP contribution in [-0.4, -0.2) is 12.5 Å². The lowest BCUT2D eigenvalue weighted by atomic mass is 10.3. The monoisotopic (exact) mass is 162 g/mol. The van der Waals surface area contributed by atoms with Gasteiger partial charge in [-0.1, -0.05) is 18.2 Å². The largest absolute Gasteiger partial charge is 0.263 e. The minimum atomic E-state index is -1.31. The summed E-state index contributed by atoms with van der Waals surface area (Å²) in [5.41, 5.74) is 0. The Bertz CT molecular complexity index is 422. The van der Waals surface area contributed by atoms with Gasteiger partial charge >= 0.3 is 0 Å². The Morgan fingerprint density at radius 1 is 1.25 bits per heavy atom. The number of para-hydroxylation sites is 1. The zero-order valence-corrected chi connectivity index (χ0v) is 6.31. The van der Waals surface area contributed by atoms with Crippen molar-refractivity contribution in [2.45, 2.75) is 6.30 Å². The summed E-state index contributed by atoms with van der Waals surface area (Å²) in [4.78, 5) is 7.57. The van der Waals surface area contributed by atoms with Gasteiger partial charge in [-0.25, -0.2) is 9.38 Å². The summed E-state index contributed by atoms with van der Waals surface area (Å²) in [7, 11) is 0. The van der Waals surface area contributed by atoms with Gasteiger partial charge in [-0.2, -0.15) is 0 Å². The Morgan fingerprint density at radius 2 is 2.08 bits per heavy atom. The van der Waals surface area contributed by atoms with Crippen LogP contribution in [0.5, 0.6) is 0 Å². The molecule has 0 amide bonds. The highest BCUT2D eigenvalue weighted by Gasteiger charge is 1.98. The van der Waals surface area contributed by atoms with Crippen molar-refractivity contribution in [2.24, 2.45) is 9.98 Å². The molecule has 0 N–H and O–H groups in total. The Morgan fingerprint density at radius 3 is 3.00 bits per heavy atom. The molecule has 0 radical (unpaired) electrons. The second-order valence-corrected chi connectivity index (χ2v) is 2.49. The van der Waals surface area contributed by atoms with Crippen LogP contribution < -0.4 is 10.6 Å². The zero-order chi connectivity index (χ0) is 8.39. The van der Waals surface area contributed by atoms with Gasteiger partial charge in [0.1, 0.15) is 0 Å². The van der Waals surface area contributed by atoms with Crippen LogP contribution in [0.4, 0.5) is 4.39 Å². The van der Waals surface area contributed by atoms with Gasteiger partial charge in [-0.15, -0.1) is 0 Å². The van der Waals surface area contributed by atoms with Crippen molar-refractivity contribution >= 4 is 12.4 Å². The maximum absolute atomic E-state index is 12.8. The first kappa shape index (κ1) is 7.16. The average molecular weight is 162 g/mol. The molecular weight excluding hydrogens is 155 g/mol. The minimum Gasteiger partial charge on any atom is -0.263 e. The number of hydrogen-bond acceptors (Lipinski definition) is 2. The Kier molecular flexibility index (Phi) is 1.70. The molecule has 0 aliphatic carbocycles. The topological polar surface area (TPSA) is 24.7 Å². The number of hydrogen-bond donors (Lipinski definition) is 0. The zero-order valence-electron chi connectivity index (χ0n) is 6.31. The number of rotatable bonds is 0. The van der Waals surface area contributed by atoms with Gasteiger partial charge in [0.2, 0.25) is 6.30 Å². The molecule has 1 aliphatic heterocycles. The van der Waals surface area contributed by atoms with E-state index in [-0.39, 0.29) is 0 Å². The molecule has 1 atom stereocenters. The first-order chi connectivity index (χ1) is 5.86. The van der Waals surface area contributed by atoms with Crippen molar-refractivity contribution in [3.05, 3.63) is 34.8 Å². The van der Waals surface area contributed by atoms with E-state index >= 15 is 0 Å². The van der Waals surface area contributed by atoms with E-state index in [1.165, 1.54) is 6.21 Å².